The number of aromatic nitrogens is 2. The third-order valence-corrected chi connectivity index (χ3v) is 2.26. The summed E-state index contributed by atoms with van der Waals surface area (Å²) in [5, 5.41) is 13.2. The molecule has 1 aromatic rings. The van der Waals surface area contributed by atoms with Crippen LogP contribution in [-0.2, 0) is 17.9 Å². The van der Waals surface area contributed by atoms with E-state index in [4.69, 9.17) is 10.8 Å². The fraction of sp³-hybridized carbons (Fsp3) is 0.556. The van der Waals surface area contributed by atoms with Crippen molar-refractivity contribution >= 4 is 5.91 Å². The molecule has 78 valence electrons. The summed E-state index contributed by atoms with van der Waals surface area (Å²) in [5.74, 6) is -0.344. The Morgan fingerprint density at radius 3 is 2.64 bits per heavy atom. The van der Waals surface area contributed by atoms with Crippen molar-refractivity contribution < 1.29 is 9.90 Å². The maximum Gasteiger partial charge on any atom is 0.219 e. The molecule has 0 aromatic carbocycles. The first kappa shape index (κ1) is 10.7. The van der Waals surface area contributed by atoms with Gasteiger partial charge in [-0.3, -0.25) is 9.48 Å². The second kappa shape index (κ2) is 4.23. The maximum atomic E-state index is 10.6. The molecule has 5 heteroatoms. The summed E-state index contributed by atoms with van der Waals surface area (Å²) in [5.41, 5.74) is 7.56. The highest BCUT2D eigenvalue weighted by molar-refractivity contribution is 5.73. The molecule has 0 saturated heterocycles. The lowest BCUT2D eigenvalue weighted by atomic mass is 10.2. The molecule has 0 aliphatic carbocycles. The Morgan fingerprint density at radius 1 is 1.57 bits per heavy atom. The molecule has 0 saturated carbocycles. The van der Waals surface area contributed by atoms with Crippen LogP contribution in [0.1, 0.15) is 23.4 Å². The molecule has 0 aliphatic rings. The van der Waals surface area contributed by atoms with Crippen LogP contribution >= 0.6 is 0 Å². The van der Waals surface area contributed by atoms with Crippen molar-refractivity contribution in [3.63, 3.8) is 0 Å². The van der Waals surface area contributed by atoms with Gasteiger partial charge in [0, 0.05) is 24.2 Å². The van der Waals surface area contributed by atoms with Crippen LogP contribution in [0.4, 0.5) is 0 Å². The molecule has 0 spiro atoms. The topological polar surface area (TPSA) is 81.1 Å². The van der Waals surface area contributed by atoms with Gasteiger partial charge in [-0.25, -0.2) is 0 Å². The Balaban J connectivity index is 2.83. The molecule has 0 aliphatic heterocycles. The third-order valence-electron chi connectivity index (χ3n) is 2.26. The first-order valence-corrected chi connectivity index (χ1v) is 4.48. The van der Waals surface area contributed by atoms with E-state index < -0.39 is 0 Å². The van der Waals surface area contributed by atoms with Crippen LogP contribution in [0.3, 0.4) is 0 Å². The van der Waals surface area contributed by atoms with E-state index in [9.17, 15) is 4.79 Å². The minimum atomic E-state index is -0.344. The fourth-order valence-corrected chi connectivity index (χ4v) is 1.40. The lowest BCUT2D eigenvalue weighted by Gasteiger charge is -2.02. The Hall–Kier alpha value is -1.36. The number of carbonyl (C=O) groups is 1. The first-order chi connectivity index (χ1) is 6.56. The summed E-state index contributed by atoms with van der Waals surface area (Å²) in [4.78, 5) is 10.6. The van der Waals surface area contributed by atoms with Crippen molar-refractivity contribution in [2.24, 2.45) is 5.73 Å². The van der Waals surface area contributed by atoms with Crippen molar-refractivity contribution in [3.8, 4) is 0 Å². The normalized spacial score (nSPS) is 10.5. The number of carbonyl (C=O) groups excluding carboxylic acids is 1. The van der Waals surface area contributed by atoms with Crippen LogP contribution in [0.15, 0.2) is 0 Å². The number of hydrogen-bond donors (Lipinski definition) is 2. The third kappa shape index (κ3) is 2.11. The second-order valence-electron chi connectivity index (χ2n) is 3.25. The van der Waals surface area contributed by atoms with Crippen LogP contribution in [0.5, 0.6) is 0 Å². The van der Waals surface area contributed by atoms with Gasteiger partial charge < -0.3 is 10.8 Å². The summed E-state index contributed by atoms with van der Waals surface area (Å²) in [6, 6.07) is 0. The smallest absolute Gasteiger partial charge is 0.219 e. The molecule has 1 amide bonds. The van der Waals surface area contributed by atoms with Gasteiger partial charge in [0.05, 0.1) is 12.3 Å². The molecule has 1 aromatic heterocycles. The predicted octanol–water partition coefficient (Wildman–Crippen LogP) is -0.132. The number of nitrogens with two attached hydrogens (primary N) is 1. The van der Waals surface area contributed by atoms with Crippen molar-refractivity contribution in [3.05, 3.63) is 17.0 Å². The van der Waals surface area contributed by atoms with Gasteiger partial charge in [-0.2, -0.15) is 5.10 Å². The van der Waals surface area contributed by atoms with Gasteiger partial charge >= 0.3 is 0 Å². The highest BCUT2D eigenvalue weighted by Crippen LogP contribution is 2.12. The molecular weight excluding hydrogens is 182 g/mol. The molecule has 0 atom stereocenters. The van der Waals surface area contributed by atoms with Crippen molar-refractivity contribution in [1.82, 2.24) is 9.78 Å². The van der Waals surface area contributed by atoms with Crippen LogP contribution < -0.4 is 5.73 Å². The van der Waals surface area contributed by atoms with Crippen LogP contribution in [0, 0.1) is 13.8 Å². The molecule has 0 radical (unpaired) electrons. The minimum Gasteiger partial charge on any atom is -0.392 e. The zero-order valence-corrected chi connectivity index (χ0v) is 8.45. The summed E-state index contributed by atoms with van der Waals surface area (Å²) in [7, 11) is 0. The van der Waals surface area contributed by atoms with Crippen molar-refractivity contribution in [1.29, 1.82) is 0 Å². The van der Waals surface area contributed by atoms with E-state index in [-0.39, 0.29) is 18.9 Å². The van der Waals surface area contributed by atoms with Crippen LogP contribution in [-0.4, -0.2) is 20.8 Å². The number of aliphatic hydroxyl groups excluding tert-OH is 1. The number of rotatable bonds is 4. The van der Waals surface area contributed by atoms with E-state index in [0.29, 0.717) is 6.54 Å². The van der Waals surface area contributed by atoms with Gasteiger partial charge in [0.1, 0.15) is 0 Å². The first-order valence-electron chi connectivity index (χ1n) is 4.48. The van der Waals surface area contributed by atoms with Crippen LogP contribution in [0.25, 0.3) is 0 Å². The summed E-state index contributed by atoms with van der Waals surface area (Å²) in [6.45, 7) is 4.15. The number of aryl methyl sites for hydroxylation is 2. The van der Waals surface area contributed by atoms with Crippen molar-refractivity contribution in [2.75, 3.05) is 0 Å². The average Bonchev–Trinajstić information content (AvgIpc) is 2.38. The Morgan fingerprint density at radius 2 is 2.21 bits per heavy atom. The minimum absolute atomic E-state index is 0.0196. The van der Waals surface area contributed by atoms with Crippen LogP contribution in [0.2, 0.25) is 0 Å². The van der Waals surface area contributed by atoms with E-state index in [1.165, 1.54) is 0 Å². The molecule has 3 N–H and O–H groups in total. The number of amides is 1. The van der Waals surface area contributed by atoms with E-state index in [1.54, 1.807) is 4.68 Å². The molecule has 14 heavy (non-hydrogen) atoms. The van der Waals surface area contributed by atoms with Gasteiger partial charge in [-0.1, -0.05) is 0 Å². The quantitative estimate of drug-likeness (QED) is 0.705. The highest BCUT2D eigenvalue weighted by Gasteiger charge is 2.10. The lowest BCUT2D eigenvalue weighted by Crippen LogP contribution is -2.15. The van der Waals surface area contributed by atoms with E-state index in [1.807, 2.05) is 13.8 Å². The maximum absolute atomic E-state index is 10.6. The summed E-state index contributed by atoms with van der Waals surface area (Å²) in [6.07, 6.45) is 0.271. The number of hydrogen-bond acceptors (Lipinski definition) is 3. The Bertz CT molecular complexity index is 344. The summed E-state index contributed by atoms with van der Waals surface area (Å²) < 4.78 is 1.70. The molecule has 5 nitrogen and oxygen atoms in total. The summed E-state index contributed by atoms with van der Waals surface area (Å²) >= 11 is 0. The standard InChI is InChI=1S/C9H15N3O2/c1-6-8(5-13)7(2)12(11-6)4-3-9(10)14/h13H,3-5H2,1-2H3,(H2,10,14). The largest absolute Gasteiger partial charge is 0.392 e. The van der Waals surface area contributed by atoms with Gasteiger partial charge in [-0.15, -0.1) is 0 Å². The Labute approximate surface area is 82.5 Å². The van der Waals surface area contributed by atoms with E-state index in [2.05, 4.69) is 5.10 Å². The average molecular weight is 197 g/mol. The number of nitrogens with zero attached hydrogens (tertiary/aromatic N) is 2. The zero-order valence-electron chi connectivity index (χ0n) is 8.45. The zero-order chi connectivity index (χ0) is 10.7. The molecule has 1 heterocycles. The van der Waals surface area contributed by atoms with Gasteiger partial charge in [0.25, 0.3) is 0 Å². The van der Waals surface area contributed by atoms with Gasteiger partial charge in [0.15, 0.2) is 0 Å². The van der Waals surface area contributed by atoms with Gasteiger partial charge in [0.2, 0.25) is 5.91 Å². The molecule has 1 rings (SSSR count). The second-order valence-corrected chi connectivity index (χ2v) is 3.25. The predicted molar refractivity (Wildman–Crippen MR) is 51.4 cm³/mol. The SMILES string of the molecule is Cc1nn(CCC(N)=O)c(C)c1CO. The van der Waals surface area contributed by atoms with Gasteiger partial charge in [-0.05, 0) is 13.8 Å². The molecule has 0 fully saturated rings. The lowest BCUT2D eigenvalue weighted by molar-refractivity contribution is -0.118. The molecule has 0 bridgehead atoms. The monoisotopic (exact) mass is 197 g/mol. The highest BCUT2D eigenvalue weighted by atomic mass is 16.3. The number of primary amides is 1. The van der Waals surface area contributed by atoms with Crippen molar-refractivity contribution in [2.45, 2.75) is 33.4 Å². The Kier molecular flexibility index (Phi) is 3.24. The number of aliphatic hydroxyl groups is 1. The van der Waals surface area contributed by atoms with E-state index >= 15 is 0 Å². The fourth-order valence-electron chi connectivity index (χ4n) is 1.40. The molecular formula is C9H15N3O2. The molecule has 0 unspecified atom stereocenters. The van der Waals surface area contributed by atoms with E-state index in [0.717, 1.165) is 17.0 Å².